The third-order valence-corrected chi connectivity index (χ3v) is 6.06. The molecule has 4 heteroatoms. The number of carbonyl (C=O) groups is 2. The van der Waals surface area contributed by atoms with E-state index in [2.05, 4.69) is 5.32 Å². The summed E-state index contributed by atoms with van der Waals surface area (Å²) in [6.07, 6.45) is 7.61. The van der Waals surface area contributed by atoms with Gasteiger partial charge in [-0.3, -0.25) is 9.59 Å². The van der Waals surface area contributed by atoms with E-state index < -0.39 is 0 Å². The van der Waals surface area contributed by atoms with Crippen LogP contribution in [-0.2, 0) is 16.1 Å². The Balaban J connectivity index is 1.39. The minimum absolute atomic E-state index is 0.188. The molecule has 1 saturated heterocycles. The minimum atomic E-state index is 0.188. The van der Waals surface area contributed by atoms with Crippen LogP contribution in [0.15, 0.2) is 24.3 Å². The number of fused-ring (bicyclic) bond motifs is 2. The molecule has 4 nitrogen and oxygen atoms in total. The molecule has 0 radical (unpaired) electrons. The number of benzene rings is 1. The van der Waals surface area contributed by atoms with Crippen LogP contribution in [0.2, 0.25) is 0 Å². The van der Waals surface area contributed by atoms with E-state index in [0.29, 0.717) is 18.9 Å². The summed E-state index contributed by atoms with van der Waals surface area (Å²) in [5, 5.41) is 3.12. The maximum atomic E-state index is 12.6. The van der Waals surface area contributed by atoms with E-state index in [1.807, 2.05) is 29.2 Å². The van der Waals surface area contributed by atoms with Gasteiger partial charge in [0.1, 0.15) is 0 Å². The van der Waals surface area contributed by atoms with Gasteiger partial charge in [0, 0.05) is 31.1 Å². The molecule has 2 aliphatic carbocycles. The average Bonchev–Trinajstić information content (AvgIpc) is 3.20. The second-order valence-electron chi connectivity index (χ2n) is 7.74. The van der Waals surface area contributed by atoms with Crippen LogP contribution >= 0.6 is 0 Å². The summed E-state index contributed by atoms with van der Waals surface area (Å²) in [5.74, 6) is 2.02. The lowest BCUT2D eigenvalue weighted by molar-refractivity contribution is -0.133. The Hall–Kier alpha value is -1.84. The van der Waals surface area contributed by atoms with Crippen molar-refractivity contribution in [3.8, 4) is 0 Å². The molecule has 1 N–H and O–H groups in total. The highest BCUT2D eigenvalue weighted by molar-refractivity contribution is 5.93. The normalized spacial score (nSPS) is 29.1. The second-order valence-corrected chi connectivity index (χ2v) is 7.74. The maximum absolute atomic E-state index is 12.6. The van der Waals surface area contributed by atoms with E-state index >= 15 is 0 Å². The molecule has 24 heavy (non-hydrogen) atoms. The molecule has 128 valence electrons. The number of hydrogen-bond donors (Lipinski definition) is 1. The number of amides is 2. The molecule has 2 saturated carbocycles. The first-order chi connectivity index (χ1) is 11.7. The van der Waals surface area contributed by atoms with Crippen molar-refractivity contribution in [2.45, 2.75) is 51.5 Å². The van der Waals surface area contributed by atoms with E-state index in [4.69, 9.17) is 0 Å². The molecule has 4 rings (SSSR count). The van der Waals surface area contributed by atoms with Crippen molar-refractivity contribution < 1.29 is 9.59 Å². The third-order valence-electron chi connectivity index (χ3n) is 6.06. The summed E-state index contributed by atoms with van der Waals surface area (Å²) in [6.45, 7) is 1.50. The molecule has 3 atom stereocenters. The predicted molar refractivity (Wildman–Crippen MR) is 93.3 cm³/mol. The molecule has 1 aliphatic heterocycles. The van der Waals surface area contributed by atoms with Crippen LogP contribution in [-0.4, -0.2) is 23.3 Å². The fraction of sp³-hybridized carbons (Fsp3) is 0.600. The molecule has 0 aromatic heterocycles. The summed E-state index contributed by atoms with van der Waals surface area (Å²) < 4.78 is 0. The Morgan fingerprint density at radius 1 is 1.21 bits per heavy atom. The number of rotatable bonds is 4. The number of piperidine rings is 1. The maximum Gasteiger partial charge on any atom is 0.227 e. The number of likely N-dealkylation sites (tertiary alicyclic amines) is 1. The van der Waals surface area contributed by atoms with Gasteiger partial charge in [-0.2, -0.15) is 0 Å². The van der Waals surface area contributed by atoms with Crippen LogP contribution in [0.25, 0.3) is 0 Å². The van der Waals surface area contributed by atoms with Crippen molar-refractivity contribution in [1.82, 2.24) is 4.90 Å². The van der Waals surface area contributed by atoms with Crippen molar-refractivity contribution in [1.29, 1.82) is 0 Å². The molecule has 2 amide bonds. The molecule has 1 aromatic carbocycles. The van der Waals surface area contributed by atoms with E-state index in [-0.39, 0.29) is 17.7 Å². The van der Waals surface area contributed by atoms with Gasteiger partial charge in [-0.05, 0) is 61.6 Å². The quantitative estimate of drug-likeness (QED) is 0.919. The molecule has 1 aromatic rings. The van der Waals surface area contributed by atoms with Gasteiger partial charge in [0.15, 0.2) is 0 Å². The monoisotopic (exact) mass is 326 g/mol. The Kier molecular flexibility index (Phi) is 4.30. The van der Waals surface area contributed by atoms with Crippen LogP contribution in [0.3, 0.4) is 0 Å². The lowest BCUT2D eigenvalue weighted by Crippen LogP contribution is -2.34. The molecule has 2 bridgehead atoms. The van der Waals surface area contributed by atoms with E-state index in [9.17, 15) is 9.59 Å². The van der Waals surface area contributed by atoms with Crippen LogP contribution in [0.1, 0.15) is 50.5 Å². The highest BCUT2D eigenvalue weighted by atomic mass is 16.2. The number of hydrogen-bond acceptors (Lipinski definition) is 2. The molecular weight excluding hydrogens is 300 g/mol. The van der Waals surface area contributed by atoms with E-state index in [1.54, 1.807) is 0 Å². The van der Waals surface area contributed by atoms with Crippen molar-refractivity contribution in [2.24, 2.45) is 17.8 Å². The van der Waals surface area contributed by atoms with Crippen LogP contribution in [0.4, 0.5) is 5.69 Å². The van der Waals surface area contributed by atoms with Crippen molar-refractivity contribution in [3.05, 3.63) is 29.8 Å². The minimum Gasteiger partial charge on any atom is -0.338 e. The van der Waals surface area contributed by atoms with E-state index in [0.717, 1.165) is 43.0 Å². The lowest BCUT2D eigenvalue weighted by Gasteiger charge is -2.27. The molecule has 1 heterocycles. The summed E-state index contributed by atoms with van der Waals surface area (Å²) in [4.78, 5) is 26.5. The van der Waals surface area contributed by atoms with Gasteiger partial charge in [0.25, 0.3) is 0 Å². The fourth-order valence-electron chi connectivity index (χ4n) is 4.80. The summed E-state index contributed by atoms with van der Waals surface area (Å²) >= 11 is 0. The largest absolute Gasteiger partial charge is 0.338 e. The Labute approximate surface area is 143 Å². The highest BCUT2D eigenvalue weighted by Gasteiger charge is 2.43. The Morgan fingerprint density at radius 3 is 2.88 bits per heavy atom. The molecule has 3 aliphatic rings. The van der Waals surface area contributed by atoms with Gasteiger partial charge in [-0.15, -0.1) is 0 Å². The van der Waals surface area contributed by atoms with Crippen molar-refractivity contribution >= 4 is 17.5 Å². The first kappa shape index (κ1) is 15.7. The lowest BCUT2D eigenvalue weighted by atomic mass is 9.88. The summed E-state index contributed by atoms with van der Waals surface area (Å²) in [5.41, 5.74) is 1.96. The van der Waals surface area contributed by atoms with Gasteiger partial charge in [-0.1, -0.05) is 18.6 Å². The zero-order chi connectivity index (χ0) is 16.5. The Morgan fingerprint density at radius 2 is 2.12 bits per heavy atom. The molecule has 0 unspecified atom stereocenters. The molecular formula is C20H26N2O2. The SMILES string of the molecule is O=C(Nc1cccc(CN2CCCCC2=O)c1)[C@@H]1C[C@H]2CC[C@H]1C2. The number of nitrogens with zero attached hydrogens (tertiary/aromatic N) is 1. The Bertz CT molecular complexity index is 642. The summed E-state index contributed by atoms with van der Waals surface area (Å²) in [7, 11) is 0. The highest BCUT2D eigenvalue weighted by Crippen LogP contribution is 2.48. The average molecular weight is 326 g/mol. The number of carbonyl (C=O) groups excluding carboxylic acids is 2. The van der Waals surface area contributed by atoms with Crippen molar-refractivity contribution in [2.75, 3.05) is 11.9 Å². The zero-order valence-electron chi connectivity index (χ0n) is 14.2. The van der Waals surface area contributed by atoms with Gasteiger partial charge in [0.2, 0.25) is 11.8 Å². The fourth-order valence-corrected chi connectivity index (χ4v) is 4.80. The van der Waals surface area contributed by atoms with Gasteiger partial charge in [-0.25, -0.2) is 0 Å². The molecule has 0 spiro atoms. The first-order valence-corrected chi connectivity index (χ1v) is 9.36. The van der Waals surface area contributed by atoms with Crippen molar-refractivity contribution in [3.63, 3.8) is 0 Å². The van der Waals surface area contributed by atoms with E-state index in [1.165, 1.54) is 19.3 Å². The summed E-state index contributed by atoms with van der Waals surface area (Å²) in [6, 6.07) is 7.98. The van der Waals surface area contributed by atoms with Gasteiger partial charge in [0.05, 0.1) is 0 Å². The number of anilines is 1. The predicted octanol–water partition coefficient (Wildman–Crippen LogP) is 3.57. The topological polar surface area (TPSA) is 49.4 Å². The second kappa shape index (κ2) is 6.58. The smallest absolute Gasteiger partial charge is 0.227 e. The molecule has 3 fully saturated rings. The van der Waals surface area contributed by atoms with Crippen LogP contribution in [0, 0.1) is 17.8 Å². The number of nitrogens with one attached hydrogen (secondary N) is 1. The third kappa shape index (κ3) is 3.19. The van der Waals surface area contributed by atoms with Gasteiger partial charge < -0.3 is 10.2 Å². The standard InChI is InChI=1S/C20H26N2O2/c23-19-6-1-2-9-22(19)13-15-4-3-5-17(11-15)21-20(24)18-12-14-7-8-16(18)10-14/h3-5,11,14,16,18H,1-2,6-10,12-13H2,(H,21,24)/t14-,16-,18+/m0/s1. The zero-order valence-corrected chi connectivity index (χ0v) is 14.2. The van der Waals surface area contributed by atoms with Crippen LogP contribution < -0.4 is 5.32 Å². The van der Waals surface area contributed by atoms with Gasteiger partial charge >= 0.3 is 0 Å². The first-order valence-electron chi connectivity index (χ1n) is 9.36. The van der Waals surface area contributed by atoms with Crippen LogP contribution in [0.5, 0.6) is 0 Å².